The highest BCUT2D eigenvalue weighted by atomic mass is 16.6. The molecule has 0 spiro atoms. The molecule has 1 heterocycles. The van der Waals surface area contributed by atoms with Crippen molar-refractivity contribution in [1.29, 1.82) is 0 Å². The van der Waals surface area contributed by atoms with Gasteiger partial charge in [-0.1, -0.05) is 19.1 Å². The van der Waals surface area contributed by atoms with Crippen LogP contribution < -0.4 is 0 Å². The Morgan fingerprint density at radius 1 is 1.33 bits per heavy atom. The number of non-ortho nitro benzene ring substituents is 1. The van der Waals surface area contributed by atoms with E-state index in [1.54, 1.807) is 18.4 Å². The average molecular weight is 288 g/mol. The second-order valence-corrected chi connectivity index (χ2v) is 4.61. The van der Waals surface area contributed by atoms with E-state index in [2.05, 4.69) is 0 Å². The molecule has 0 saturated heterocycles. The minimum Gasteiger partial charge on any atom is -0.468 e. The Kier molecular flexibility index (Phi) is 4.84. The first kappa shape index (κ1) is 14.9. The van der Waals surface area contributed by atoms with E-state index in [0.29, 0.717) is 18.7 Å². The number of nitro groups is 1. The number of ketones is 1. The standard InChI is InChI=1S/C15H16N2O4/c1-2-16(10-14-7-4-8-21-14)11-15(18)12-5-3-6-13(9-12)17(19)20/h3-9H,2,10-11H2,1H3. The van der Waals surface area contributed by atoms with Crippen LogP contribution in [0.15, 0.2) is 47.1 Å². The van der Waals surface area contributed by atoms with Crippen molar-refractivity contribution in [3.8, 4) is 0 Å². The molecule has 6 nitrogen and oxygen atoms in total. The fourth-order valence-electron chi connectivity index (χ4n) is 1.99. The summed E-state index contributed by atoms with van der Waals surface area (Å²) < 4.78 is 5.26. The van der Waals surface area contributed by atoms with Gasteiger partial charge in [-0.3, -0.25) is 19.8 Å². The van der Waals surface area contributed by atoms with E-state index in [4.69, 9.17) is 4.42 Å². The quantitative estimate of drug-likeness (QED) is 0.445. The van der Waals surface area contributed by atoms with Gasteiger partial charge in [0.15, 0.2) is 5.78 Å². The van der Waals surface area contributed by atoms with Crippen LogP contribution in [0.2, 0.25) is 0 Å². The number of hydrogen-bond donors (Lipinski definition) is 0. The summed E-state index contributed by atoms with van der Waals surface area (Å²) in [5, 5.41) is 10.7. The number of carbonyl (C=O) groups excluding carboxylic acids is 1. The number of rotatable bonds is 7. The third kappa shape index (κ3) is 4.00. The summed E-state index contributed by atoms with van der Waals surface area (Å²) >= 11 is 0. The number of carbonyl (C=O) groups is 1. The van der Waals surface area contributed by atoms with E-state index in [9.17, 15) is 14.9 Å². The van der Waals surface area contributed by atoms with Gasteiger partial charge in [-0.05, 0) is 18.7 Å². The zero-order chi connectivity index (χ0) is 15.2. The molecule has 0 unspecified atom stereocenters. The van der Waals surface area contributed by atoms with Crippen LogP contribution in [0, 0.1) is 10.1 Å². The molecule has 0 saturated carbocycles. The number of nitro benzene ring substituents is 1. The molecule has 0 N–H and O–H groups in total. The van der Waals surface area contributed by atoms with Gasteiger partial charge in [0.05, 0.1) is 24.3 Å². The lowest BCUT2D eigenvalue weighted by Gasteiger charge is -2.18. The lowest BCUT2D eigenvalue weighted by atomic mass is 10.1. The van der Waals surface area contributed by atoms with Gasteiger partial charge in [0, 0.05) is 17.7 Å². The maximum absolute atomic E-state index is 12.2. The summed E-state index contributed by atoms with van der Waals surface area (Å²) in [6.45, 7) is 3.35. The fourth-order valence-corrected chi connectivity index (χ4v) is 1.99. The number of hydrogen-bond acceptors (Lipinski definition) is 5. The zero-order valence-corrected chi connectivity index (χ0v) is 11.7. The molecule has 0 radical (unpaired) electrons. The molecule has 0 bridgehead atoms. The number of furan rings is 1. The average Bonchev–Trinajstić information content (AvgIpc) is 2.99. The Hall–Kier alpha value is -2.47. The summed E-state index contributed by atoms with van der Waals surface area (Å²) in [5.41, 5.74) is 0.275. The number of Topliss-reactive ketones (excluding diaryl/α,β-unsaturated/α-hetero) is 1. The first-order chi connectivity index (χ1) is 10.1. The van der Waals surface area contributed by atoms with Crippen LogP contribution in [0.25, 0.3) is 0 Å². The van der Waals surface area contributed by atoms with Crippen molar-refractivity contribution in [2.24, 2.45) is 0 Å². The molecule has 6 heteroatoms. The van der Waals surface area contributed by atoms with Gasteiger partial charge in [-0.15, -0.1) is 0 Å². The SMILES string of the molecule is CCN(CC(=O)c1cccc([N+](=O)[O-])c1)Cc1ccco1. The minimum atomic E-state index is -0.503. The molecule has 0 amide bonds. The maximum atomic E-state index is 12.2. The number of benzene rings is 1. The molecule has 2 rings (SSSR count). The predicted molar refractivity (Wildman–Crippen MR) is 77.1 cm³/mol. The van der Waals surface area contributed by atoms with Crippen molar-refractivity contribution in [3.05, 3.63) is 64.1 Å². The minimum absolute atomic E-state index is 0.0741. The van der Waals surface area contributed by atoms with Gasteiger partial charge >= 0.3 is 0 Å². The lowest BCUT2D eigenvalue weighted by Crippen LogP contribution is -2.29. The molecule has 2 aromatic rings. The summed E-state index contributed by atoms with van der Waals surface area (Å²) in [5.74, 6) is 0.635. The van der Waals surface area contributed by atoms with Gasteiger partial charge in [0.1, 0.15) is 5.76 Å². The Bertz CT molecular complexity index is 622. The van der Waals surface area contributed by atoms with E-state index in [0.717, 1.165) is 5.76 Å². The summed E-state index contributed by atoms with van der Waals surface area (Å²) in [6.07, 6.45) is 1.59. The largest absolute Gasteiger partial charge is 0.468 e. The van der Waals surface area contributed by atoms with Crippen LogP contribution in [0.5, 0.6) is 0 Å². The van der Waals surface area contributed by atoms with Crippen molar-refractivity contribution >= 4 is 11.5 Å². The van der Waals surface area contributed by atoms with Crippen LogP contribution in [-0.4, -0.2) is 28.7 Å². The molecule has 0 aliphatic heterocycles. The Balaban J connectivity index is 2.05. The van der Waals surface area contributed by atoms with E-state index in [1.165, 1.54) is 18.2 Å². The topological polar surface area (TPSA) is 76.6 Å². The van der Waals surface area contributed by atoms with Crippen LogP contribution in [0.4, 0.5) is 5.69 Å². The molecule has 0 fully saturated rings. The smallest absolute Gasteiger partial charge is 0.270 e. The second kappa shape index (κ2) is 6.81. The summed E-state index contributed by atoms with van der Waals surface area (Å²) in [6, 6.07) is 9.44. The molecule has 110 valence electrons. The monoisotopic (exact) mass is 288 g/mol. The summed E-state index contributed by atoms with van der Waals surface area (Å²) in [4.78, 5) is 24.4. The zero-order valence-electron chi connectivity index (χ0n) is 11.7. The molecular formula is C15H16N2O4. The Morgan fingerprint density at radius 2 is 2.14 bits per heavy atom. The molecule has 0 aliphatic carbocycles. The molecular weight excluding hydrogens is 272 g/mol. The van der Waals surface area contributed by atoms with Crippen LogP contribution >= 0.6 is 0 Å². The molecule has 1 aromatic heterocycles. The first-order valence-corrected chi connectivity index (χ1v) is 6.62. The van der Waals surface area contributed by atoms with Crippen molar-refractivity contribution in [1.82, 2.24) is 4.90 Å². The third-order valence-corrected chi connectivity index (χ3v) is 3.15. The fraction of sp³-hybridized carbons (Fsp3) is 0.267. The predicted octanol–water partition coefficient (Wildman–Crippen LogP) is 2.89. The van der Waals surface area contributed by atoms with Crippen molar-refractivity contribution in [2.75, 3.05) is 13.1 Å². The highest BCUT2D eigenvalue weighted by Gasteiger charge is 2.15. The van der Waals surface area contributed by atoms with Crippen LogP contribution in [0.1, 0.15) is 23.0 Å². The van der Waals surface area contributed by atoms with Gasteiger partial charge in [-0.2, -0.15) is 0 Å². The van der Waals surface area contributed by atoms with Crippen molar-refractivity contribution < 1.29 is 14.1 Å². The van der Waals surface area contributed by atoms with Gasteiger partial charge in [-0.25, -0.2) is 0 Å². The molecule has 1 aromatic carbocycles. The number of likely N-dealkylation sites (N-methyl/N-ethyl adjacent to an activating group) is 1. The van der Waals surface area contributed by atoms with E-state index < -0.39 is 4.92 Å². The Morgan fingerprint density at radius 3 is 2.76 bits per heavy atom. The van der Waals surface area contributed by atoms with E-state index in [-0.39, 0.29) is 18.0 Å². The molecule has 0 atom stereocenters. The highest BCUT2D eigenvalue weighted by Crippen LogP contribution is 2.14. The Labute approximate surface area is 122 Å². The van der Waals surface area contributed by atoms with Crippen LogP contribution in [-0.2, 0) is 6.54 Å². The van der Waals surface area contributed by atoms with Crippen molar-refractivity contribution in [2.45, 2.75) is 13.5 Å². The van der Waals surface area contributed by atoms with E-state index >= 15 is 0 Å². The molecule has 21 heavy (non-hydrogen) atoms. The van der Waals surface area contributed by atoms with Crippen LogP contribution in [0.3, 0.4) is 0 Å². The first-order valence-electron chi connectivity index (χ1n) is 6.62. The highest BCUT2D eigenvalue weighted by molar-refractivity contribution is 5.98. The third-order valence-electron chi connectivity index (χ3n) is 3.15. The normalized spacial score (nSPS) is 10.8. The number of nitrogens with zero attached hydrogens (tertiary/aromatic N) is 2. The summed E-state index contributed by atoms with van der Waals surface area (Å²) in [7, 11) is 0. The van der Waals surface area contributed by atoms with Gasteiger partial charge in [0.2, 0.25) is 0 Å². The van der Waals surface area contributed by atoms with Crippen molar-refractivity contribution in [3.63, 3.8) is 0 Å². The van der Waals surface area contributed by atoms with Gasteiger partial charge < -0.3 is 4.42 Å². The second-order valence-electron chi connectivity index (χ2n) is 4.61. The lowest BCUT2D eigenvalue weighted by molar-refractivity contribution is -0.384. The van der Waals surface area contributed by atoms with Gasteiger partial charge in [0.25, 0.3) is 5.69 Å². The molecule has 0 aliphatic rings. The van der Waals surface area contributed by atoms with E-state index in [1.807, 2.05) is 17.9 Å². The maximum Gasteiger partial charge on any atom is 0.270 e.